The first-order chi connectivity index (χ1) is 12.1. The van der Waals surface area contributed by atoms with E-state index >= 15 is 0 Å². The van der Waals surface area contributed by atoms with Gasteiger partial charge in [-0.25, -0.2) is 22.2 Å². The third kappa shape index (κ3) is 10.7. The summed E-state index contributed by atoms with van der Waals surface area (Å²) in [5.74, 6) is -1.04. The monoisotopic (exact) mass is 812 g/mol. The molecule has 2 aromatic rings. The Hall–Kier alpha value is 1.46. The Kier molecular flexibility index (Phi) is 24.7. The Bertz CT molecular complexity index is 704. The van der Waals surface area contributed by atoms with Crippen LogP contribution in [0.15, 0.2) is 0 Å². The van der Waals surface area contributed by atoms with Crippen LogP contribution in [-0.4, -0.2) is 32.1 Å². The molecular weight excluding hydrogens is 801 g/mol. The Morgan fingerprint density at radius 1 is 0.931 bits per heavy atom. The third-order valence-electron chi connectivity index (χ3n) is 2.73. The van der Waals surface area contributed by atoms with Crippen molar-refractivity contribution in [2.24, 2.45) is 14.1 Å². The van der Waals surface area contributed by atoms with Gasteiger partial charge in [0.15, 0.2) is 12.6 Å². The normalized spacial score (nSPS) is 9.10. The van der Waals surface area contributed by atoms with Crippen molar-refractivity contribution in [3.63, 3.8) is 0 Å². The van der Waals surface area contributed by atoms with Crippen LogP contribution in [0.4, 0.5) is 22.0 Å². The quantitative estimate of drug-likeness (QED) is 0.182. The van der Waals surface area contributed by atoms with Crippen LogP contribution in [0.1, 0.15) is 45.0 Å². The summed E-state index contributed by atoms with van der Waals surface area (Å²) in [7, 11) is 2.54. The summed E-state index contributed by atoms with van der Waals surface area (Å²) in [6.45, 7) is 0. The van der Waals surface area contributed by atoms with Gasteiger partial charge in [-0.1, -0.05) is 11.6 Å². The van der Waals surface area contributed by atoms with E-state index in [1.54, 1.807) is 0 Å². The fourth-order valence-corrected chi connectivity index (χ4v) is 1.80. The van der Waals surface area contributed by atoms with E-state index in [0.29, 0.717) is 4.68 Å². The van der Waals surface area contributed by atoms with E-state index in [1.165, 1.54) is 7.05 Å². The summed E-state index contributed by atoms with van der Waals surface area (Å²) in [4.78, 5) is 20.4. The number of alkyl halides is 4. The molecule has 2 aromatic heterocycles. The number of aldehydes is 2. The predicted octanol–water partition coefficient (Wildman–Crippen LogP) is -0.470. The first-order valence-corrected chi connectivity index (χ1v) is 12.9. The summed E-state index contributed by atoms with van der Waals surface area (Å²) in [6.07, 6.45) is -5.40. The molecule has 0 saturated heterocycles. The van der Waals surface area contributed by atoms with Crippen LogP contribution in [-0.2, 0) is 14.1 Å². The fourth-order valence-electron chi connectivity index (χ4n) is 1.62. The fraction of sp³-hybridized carbons (Fsp3) is 0.333. The van der Waals surface area contributed by atoms with E-state index in [9.17, 15) is 31.5 Å². The first-order valence-electron chi connectivity index (χ1n) is 6.21. The second-order valence-electron chi connectivity index (χ2n) is 4.26. The molecule has 0 spiro atoms. The molecule has 0 radical (unpaired) electrons. The summed E-state index contributed by atoms with van der Waals surface area (Å²) in [6, 6.07) is 0. The number of aryl methyl sites for hydroxylation is 2. The number of aromatic nitrogens is 4. The largest absolute Gasteiger partial charge is 1.00 e. The molecule has 0 bridgehead atoms. The van der Waals surface area contributed by atoms with E-state index < -0.39 is 35.7 Å². The number of carbonyl (C=O) groups is 2. The second-order valence-corrected chi connectivity index (χ2v) is 4.62. The van der Waals surface area contributed by atoms with Crippen LogP contribution in [0.2, 0.25) is 5.15 Å². The van der Waals surface area contributed by atoms with Crippen molar-refractivity contribution >= 4 is 85.4 Å². The first kappa shape index (κ1) is 37.8. The second kappa shape index (κ2) is 19.0. The van der Waals surface area contributed by atoms with Gasteiger partial charge in [-0.05, 0) is 0 Å². The van der Waals surface area contributed by atoms with Crippen molar-refractivity contribution in [3.8, 4) is 0 Å². The molecular formula is C12H11ClF6I3KN4O2. The number of halogens is 10. The molecule has 0 aliphatic rings. The minimum absolute atomic E-state index is 0. The molecule has 0 aromatic carbocycles. The average Bonchev–Trinajstić information content (AvgIpc) is 3.07. The van der Waals surface area contributed by atoms with Gasteiger partial charge in [0.2, 0.25) is 5.95 Å². The summed E-state index contributed by atoms with van der Waals surface area (Å²) >= 11 is 9.73. The standard InChI is InChI=1S/C6H5ClF2N2O.C6H5F3N2O.FH.I2.HI.K/c1-11-5(7)3(2-12)4(10-11)6(8)9;1-11-6(9)3(2-12)4(10-11)5(7)8;;1-2;;/h2,6H,1H3;2,5H,1H3;1H;;1H;/q;;;;;+1/p-1. The molecule has 0 atom stereocenters. The molecule has 0 N–H and O–H groups in total. The van der Waals surface area contributed by atoms with Gasteiger partial charge in [0.25, 0.3) is 12.9 Å². The maximum atomic E-state index is 12.7. The number of nitrogens with zero attached hydrogens (tertiary/aromatic N) is 4. The number of rotatable bonds is 4. The maximum absolute atomic E-state index is 12.7. The van der Waals surface area contributed by atoms with Gasteiger partial charge in [0.1, 0.15) is 16.5 Å². The van der Waals surface area contributed by atoms with Crippen LogP contribution in [0.3, 0.4) is 0 Å². The van der Waals surface area contributed by atoms with Crippen LogP contribution in [0, 0.1) is 5.95 Å². The molecule has 2 rings (SSSR count). The number of hydrogen-bond donors (Lipinski definition) is 0. The van der Waals surface area contributed by atoms with E-state index in [4.69, 9.17) is 11.6 Å². The molecule has 0 fully saturated rings. The maximum Gasteiger partial charge on any atom is 1.00 e. The molecule has 0 unspecified atom stereocenters. The van der Waals surface area contributed by atoms with E-state index in [1.807, 2.05) is 0 Å². The Balaban J connectivity index is -0.000000181. The Morgan fingerprint density at radius 2 is 1.28 bits per heavy atom. The summed E-state index contributed by atoms with van der Waals surface area (Å²) in [5, 5.41) is 6.46. The zero-order valence-electron chi connectivity index (χ0n) is 14.7. The summed E-state index contributed by atoms with van der Waals surface area (Å²) < 4.78 is 62.6. The molecule has 0 amide bonds. The van der Waals surface area contributed by atoms with Gasteiger partial charge >= 0.3 is 51.4 Å². The van der Waals surface area contributed by atoms with E-state index in [-0.39, 0.29) is 103 Å². The zero-order chi connectivity index (χ0) is 20.6. The van der Waals surface area contributed by atoms with Crippen molar-refractivity contribution < 1.29 is 87.6 Å². The smallest absolute Gasteiger partial charge is 1.00 e. The molecule has 162 valence electrons. The molecule has 0 aliphatic carbocycles. The Morgan fingerprint density at radius 3 is 1.55 bits per heavy atom. The topological polar surface area (TPSA) is 69.8 Å². The van der Waals surface area contributed by atoms with Crippen molar-refractivity contribution in [3.05, 3.63) is 33.6 Å². The SMILES string of the molecule is Cn1nc(C(F)F)c(C=O)c1Cl.Cn1nc(C(F)F)c(C=O)c1F.I.II.[F-].[K+]. The van der Waals surface area contributed by atoms with Crippen molar-refractivity contribution in [2.45, 2.75) is 12.9 Å². The molecule has 2 heterocycles. The van der Waals surface area contributed by atoms with Crippen LogP contribution < -0.4 is 56.1 Å². The van der Waals surface area contributed by atoms with Crippen LogP contribution in [0.25, 0.3) is 0 Å². The van der Waals surface area contributed by atoms with Gasteiger partial charge in [0, 0.05) is 51.3 Å². The van der Waals surface area contributed by atoms with Gasteiger partial charge in [-0.15, -0.1) is 24.0 Å². The molecule has 17 heteroatoms. The molecule has 6 nitrogen and oxygen atoms in total. The molecule has 0 aliphatic heterocycles. The van der Waals surface area contributed by atoms with Crippen molar-refractivity contribution in [1.29, 1.82) is 0 Å². The average molecular weight is 812 g/mol. The van der Waals surface area contributed by atoms with Crippen LogP contribution >= 0.6 is 72.8 Å². The van der Waals surface area contributed by atoms with Crippen molar-refractivity contribution in [2.75, 3.05) is 0 Å². The van der Waals surface area contributed by atoms with Crippen LogP contribution in [0.5, 0.6) is 0 Å². The number of carbonyl (C=O) groups excluding carboxylic acids is 2. The predicted molar refractivity (Wildman–Crippen MR) is 116 cm³/mol. The van der Waals surface area contributed by atoms with Gasteiger partial charge in [-0.3, -0.25) is 14.3 Å². The number of hydrogen-bond acceptors (Lipinski definition) is 4. The third-order valence-corrected chi connectivity index (χ3v) is 3.18. The van der Waals surface area contributed by atoms with Gasteiger partial charge in [-0.2, -0.15) is 14.6 Å². The zero-order valence-corrected chi connectivity index (χ0v) is 25.2. The van der Waals surface area contributed by atoms with Crippen molar-refractivity contribution in [1.82, 2.24) is 19.6 Å². The minimum atomic E-state index is -2.93. The van der Waals surface area contributed by atoms with E-state index in [0.717, 1.165) is 11.7 Å². The Labute approximate surface area is 249 Å². The molecule has 29 heavy (non-hydrogen) atoms. The van der Waals surface area contributed by atoms with Gasteiger partial charge < -0.3 is 4.70 Å². The summed E-state index contributed by atoms with van der Waals surface area (Å²) in [5.41, 5.74) is -2.30. The van der Waals surface area contributed by atoms with Gasteiger partial charge in [0.05, 0.1) is 11.1 Å². The minimum Gasteiger partial charge on any atom is -1.00 e. The molecule has 0 saturated carbocycles. The van der Waals surface area contributed by atoms with E-state index in [2.05, 4.69) is 47.4 Å².